The summed E-state index contributed by atoms with van der Waals surface area (Å²) in [4.78, 5) is 11.8. The SMILES string of the molecule is CO[C@@]12CC[C@@H](O)[C@@](C)(CC[C@@H]3C(C=O)=C[C@@H](C=C(C)C)[C@H](O)[C@H]31)C2. The first-order valence-electron chi connectivity index (χ1n) is 9.49. The first-order valence-corrected chi connectivity index (χ1v) is 9.49. The van der Waals surface area contributed by atoms with Gasteiger partial charge in [-0.25, -0.2) is 0 Å². The molecule has 2 bridgehead atoms. The molecular formula is C21H32O4. The smallest absolute Gasteiger partial charge is 0.146 e. The standard InChI is InChI=1S/C21H32O4/c1-13(2)9-14-10-15(11-22)16-5-7-20(3)12-21(25-4,8-6-17(20)23)18(16)19(14)24/h9-11,14,16-19,23-24H,5-8,12H2,1-4H3/t14-,16-,17-,18+,19+,20+,21-/m1/s1. The number of aliphatic hydroxyl groups excluding tert-OH is 2. The number of hydrogen-bond donors (Lipinski definition) is 2. The molecule has 3 aliphatic rings. The van der Waals surface area contributed by atoms with Crippen LogP contribution in [0.15, 0.2) is 23.3 Å². The largest absolute Gasteiger partial charge is 0.393 e. The highest BCUT2D eigenvalue weighted by molar-refractivity contribution is 5.75. The van der Waals surface area contributed by atoms with Crippen molar-refractivity contribution in [2.24, 2.45) is 23.2 Å². The molecule has 3 rings (SSSR count). The fourth-order valence-corrected chi connectivity index (χ4v) is 5.77. The lowest BCUT2D eigenvalue weighted by molar-refractivity contribution is -0.172. The van der Waals surface area contributed by atoms with E-state index in [1.165, 1.54) is 0 Å². The number of rotatable bonds is 3. The van der Waals surface area contributed by atoms with Crippen molar-refractivity contribution in [1.29, 1.82) is 0 Å². The maximum Gasteiger partial charge on any atom is 0.146 e. The van der Waals surface area contributed by atoms with Gasteiger partial charge in [0.15, 0.2) is 0 Å². The summed E-state index contributed by atoms with van der Waals surface area (Å²) < 4.78 is 6.09. The minimum atomic E-state index is -0.568. The molecule has 2 N–H and O–H groups in total. The highest BCUT2D eigenvalue weighted by Gasteiger charge is 2.59. The second kappa shape index (κ2) is 6.64. The summed E-state index contributed by atoms with van der Waals surface area (Å²) in [5.41, 5.74) is 1.23. The van der Waals surface area contributed by atoms with E-state index in [0.717, 1.165) is 43.1 Å². The van der Waals surface area contributed by atoms with Gasteiger partial charge in [-0.3, -0.25) is 4.79 Å². The monoisotopic (exact) mass is 348 g/mol. The maximum absolute atomic E-state index is 11.8. The third kappa shape index (κ3) is 3.02. The Morgan fingerprint density at radius 1 is 1.28 bits per heavy atom. The van der Waals surface area contributed by atoms with Crippen molar-refractivity contribution in [3.05, 3.63) is 23.3 Å². The van der Waals surface area contributed by atoms with Crippen LogP contribution in [0.4, 0.5) is 0 Å². The van der Waals surface area contributed by atoms with Crippen molar-refractivity contribution < 1.29 is 19.7 Å². The van der Waals surface area contributed by atoms with Gasteiger partial charge in [0, 0.05) is 18.9 Å². The quantitative estimate of drug-likeness (QED) is 0.608. The van der Waals surface area contributed by atoms with Crippen molar-refractivity contribution in [2.75, 3.05) is 7.11 Å². The summed E-state index contributed by atoms with van der Waals surface area (Å²) in [6, 6.07) is 0. The Hall–Kier alpha value is -0.970. The van der Waals surface area contributed by atoms with Gasteiger partial charge in [-0.15, -0.1) is 0 Å². The van der Waals surface area contributed by atoms with Gasteiger partial charge in [-0.05, 0) is 62.9 Å². The van der Waals surface area contributed by atoms with Gasteiger partial charge in [0.1, 0.15) is 6.29 Å². The molecule has 4 heteroatoms. The van der Waals surface area contributed by atoms with Crippen LogP contribution in [0.2, 0.25) is 0 Å². The molecule has 0 unspecified atom stereocenters. The molecule has 7 atom stereocenters. The number of allylic oxidation sites excluding steroid dienone is 2. The normalized spacial score (nSPS) is 46.5. The molecule has 0 aromatic heterocycles. The summed E-state index contributed by atoms with van der Waals surface area (Å²) in [6.07, 6.45) is 7.87. The number of aldehydes is 1. The molecule has 0 aromatic carbocycles. The van der Waals surface area contributed by atoms with E-state index in [4.69, 9.17) is 4.74 Å². The van der Waals surface area contributed by atoms with Gasteiger partial charge in [-0.2, -0.15) is 0 Å². The van der Waals surface area contributed by atoms with Crippen LogP contribution in [0.1, 0.15) is 52.9 Å². The first kappa shape index (κ1) is 18.8. The highest BCUT2D eigenvalue weighted by atomic mass is 16.5. The first-order chi connectivity index (χ1) is 11.8. The van der Waals surface area contributed by atoms with Gasteiger partial charge in [0.25, 0.3) is 0 Å². The van der Waals surface area contributed by atoms with Crippen LogP contribution < -0.4 is 0 Å². The Balaban J connectivity index is 2.10. The van der Waals surface area contributed by atoms with Crippen molar-refractivity contribution in [3.63, 3.8) is 0 Å². The van der Waals surface area contributed by atoms with E-state index in [1.807, 2.05) is 19.9 Å². The molecule has 0 aromatic rings. The molecule has 4 nitrogen and oxygen atoms in total. The predicted molar refractivity (Wildman–Crippen MR) is 97.0 cm³/mol. The molecule has 0 heterocycles. The highest BCUT2D eigenvalue weighted by Crippen LogP contribution is 2.58. The Morgan fingerprint density at radius 3 is 2.60 bits per heavy atom. The average Bonchev–Trinajstić information content (AvgIpc) is 2.68. The number of carbonyl (C=O) groups is 1. The zero-order valence-electron chi connectivity index (χ0n) is 15.9. The summed E-state index contributed by atoms with van der Waals surface area (Å²) in [6.45, 7) is 6.16. The van der Waals surface area contributed by atoms with Crippen LogP contribution in [0.25, 0.3) is 0 Å². The topological polar surface area (TPSA) is 66.8 Å². The second-order valence-corrected chi connectivity index (χ2v) is 8.92. The van der Waals surface area contributed by atoms with Gasteiger partial charge in [0.05, 0.1) is 17.8 Å². The van der Waals surface area contributed by atoms with Gasteiger partial charge < -0.3 is 14.9 Å². The van der Waals surface area contributed by atoms with Crippen LogP contribution in [-0.4, -0.2) is 41.4 Å². The zero-order chi connectivity index (χ0) is 18.4. The van der Waals surface area contributed by atoms with Crippen LogP contribution in [0.3, 0.4) is 0 Å². The number of methoxy groups -OCH3 is 1. The van der Waals surface area contributed by atoms with E-state index in [2.05, 4.69) is 13.0 Å². The van der Waals surface area contributed by atoms with Crippen molar-refractivity contribution in [3.8, 4) is 0 Å². The Labute approximate surface area is 151 Å². The van der Waals surface area contributed by atoms with E-state index in [-0.39, 0.29) is 29.3 Å². The number of aliphatic hydroxyl groups is 2. The van der Waals surface area contributed by atoms with E-state index in [1.54, 1.807) is 7.11 Å². The average molecular weight is 348 g/mol. The second-order valence-electron chi connectivity index (χ2n) is 8.92. The summed E-state index contributed by atoms with van der Waals surface area (Å²) >= 11 is 0. The molecule has 25 heavy (non-hydrogen) atoms. The Kier molecular flexibility index (Phi) is 5.00. The van der Waals surface area contributed by atoms with Crippen LogP contribution in [0, 0.1) is 23.2 Å². The molecule has 0 amide bonds. The van der Waals surface area contributed by atoms with Crippen LogP contribution in [0.5, 0.6) is 0 Å². The van der Waals surface area contributed by atoms with E-state index < -0.39 is 11.7 Å². The summed E-state index contributed by atoms with van der Waals surface area (Å²) in [7, 11) is 1.72. The van der Waals surface area contributed by atoms with Gasteiger partial charge in [-0.1, -0.05) is 24.6 Å². The molecule has 2 saturated carbocycles. The molecule has 0 spiro atoms. The van der Waals surface area contributed by atoms with Crippen molar-refractivity contribution >= 4 is 6.29 Å². The molecule has 0 saturated heterocycles. The summed E-state index contributed by atoms with van der Waals surface area (Å²) in [5.74, 6) is -0.270. The molecule has 0 radical (unpaired) electrons. The van der Waals surface area contributed by atoms with Crippen LogP contribution >= 0.6 is 0 Å². The van der Waals surface area contributed by atoms with Crippen LogP contribution in [-0.2, 0) is 9.53 Å². The lowest BCUT2D eigenvalue weighted by Crippen LogP contribution is -2.57. The number of ether oxygens (including phenoxy) is 1. The van der Waals surface area contributed by atoms with E-state index in [9.17, 15) is 15.0 Å². The lowest BCUT2D eigenvalue weighted by atomic mass is 9.59. The van der Waals surface area contributed by atoms with E-state index >= 15 is 0 Å². The number of carbonyl (C=O) groups excluding carboxylic acids is 1. The predicted octanol–water partition coefficient (Wildman–Crippen LogP) is 3.03. The third-order valence-corrected chi connectivity index (χ3v) is 7.06. The minimum Gasteiger partial charge on any atom is -0.393 e. The van der Waals surface area contributed by atoms with Gasteiger partial charge in [0.2, 0.25) is 0 Å². The van der Waals surface area contributed by atoms with Crippen molar-refractivity contribution in [2.45, 2.75) is 70.7 Å². The zero-order valence-corrected chi connectivity index (χ0v) is 15.9. The van der Waals surface area contributed by atoms with Crippen molar-refractivity contribution in [1.82, 2.24) is 0 Å². The summed E-state index contributed by atoms with van der Waals surface area (Å²) in [5, 5.41) is 21.9. The molecule has 0 aliphatic heterocycles. The number of hydrogen-bond acceptors (Lipinski definition) is 4. The Bertz CT molecular complexity index is 591. The lowest BCUT2D eigenvalue weighted by Gasteiger charge is -2.53. The molecular weight excluding hydrogens is 316 g/mol. The van der Waals surface area contributed by atoms with Gasteiger partial charge >= 0.3 is 0 Å². The fourth-order valence-electron chi connectivity index (χ4n) is 5.77. The molecule has 3 aliphatic carbocycles. The number of fused-ring (bicyclic) bond motifs is 4. The minimum absolute atomic E-state index is 0.00128. The fraction of sp³-hybridized carbons (Fsp3) is 0.762. The van der Waals surface area contributed by atoms with E-state index in [0.29, 0.717) is 6.42 Å². The molecule has 2 fully saturated rings. The third-order valence-electron chi connectivity index (χ3n) is 7.06. The maximum atomic E-state index is 11.8. The molecule has 140 valence electrons. The Morgan fingerprint density at radius 2 is 2.00 bits per heavy atom.